The third-order valence-corrected chi connectivity index (χ3v) is 11.6. The molecule has 0 aromatic heterocycles. The van der Waals surface area contributed by atoms with Crippen molar-refractivity contribution in [2.75, 3.05) is 0 Å². The van der Waals surface area contributed by atoms with Crippen molar-refractivity contribution in [3.8, 4) is 55.6 Å². The minimum absolute atomic E-state index is 1.21. The number of hydrogen-bond acceptors (Lipinski definition) is 0. The Morgan fingerprint density at radius 2 is 0.661 bits per heavy atom. The average molecular weight is 709 g/mol. The maximum atomic E-state index is 2.43. The largest absolute Gasteiger partial charge is 0.0622 e. The van der Waals surface area contributed by atoms with Crippen molar-refractivity contribution in [2.45, 2.75) is 0 Å². The minimum atomic E-state index is 1.21. The highest BCUT2D eigenvalue weighted by molar-refractivity contribution is 6.16. The van der Waals surface area contributed by atoms with E-state index in [-0.39, 0.29) is 0 Å². The van der Waals surface area contributed by atoms with E-state index in [0.29, 0.717) is 0 Å². The van der Waals surface area contributed by atoms with Gasteiger partial charge in [-0.2, -0.15) is 0 Å². The van der Waals surface area contributed by atoms with Crippen LogP contribution in [0.5, 0.6) is 0 Å². The van der Waals surface area contributed by atoms with Gasteiger partial charge < -0.3 is 0 Å². The molecule has 0 N–H and O–H groups in total. The van der Waals surface area contributed by atoms with Crippen molar-refractivity contribution in [3.05, 3.63) is 218 Å². The summed E-state index contributed by atoms with van der Waals surface area (Å²) in [7, 11) is 0. The maximum Gasteiger partial charge on any atom is -0.00928 e. The molecule has 0 heteroatoms. The lowest BCUT2D eigenvalue weighted by Gasteiger charge is -2.17. The van der Waals surface area contributed by atoms with E-state index < -0.39 is 0 Å². The van der Waals surface area contributed by atoms with E-state index in [1.54, 1.807) is 0 Å². The summed E-state index contributed by atoms with van der Waals surface area (Å²) >= 11 is 0. The van der Waals surface area contributed by atoms with Gasteiger partial charge in [-0.1, -0.05) is 182 Å². The standard InChI is InChI=1S/C56H36/c1-2-12-40(13-3-1)53-33-43-16-6-7-17-44(43)34-54(53)47-28-30-52-51-29-27-45(38-21-24-41(25-22-38)50-20-10-18-39-14-8-9-19-49(39)50)32-48(51)36-55(56(52)35-47)46-26-23-37-11-4-5-15-42(37)31-46/h1-36H. The van der Waals surface area contributed by atoms with Crippen LogP contribution in [0.3, 0.4) is 0 Å². The molecule has 0 unspecified atom stereocenters. The second-order valence-corrected chi connectivity index (χ2v) is 14.9. The van der Waals surface area contributed by atoms with Crippen LogP contribution in [0.25, 0.3) is 109 Å². The summed E-state index contributed by atoms with van der Waals surface area (Å²) in [6.45, 7) is 0. The first-order chi connectivity index (χ1) is 27.7. The predicted molar refractivity (Wildman–Crippen MR) is 241 cm³/mol. The van der Waals surface area contributed by atoms with Crippen LogP contribution in [-0.2, 0) is 0 Å². The molecule has 0 amide bonds. The lowest BCUT2D eigenvalue weighted by molar-refractivity contribution is 1.61. The van der Waals surface area contributed by atoms with Crippen LogP contribution in [0, 0.1) is 0 Å². The zero-order valence-corrected chi connectivity index (χ0v) is 30.8. The smallest absolute Gasteiger partial charge is 0.00928 e. The van der Waals surface area contributed by atoms with Crippen molar-refractivity contribution in [3.63, 3.8) is 0 Å². The molecule has 0 aliphatic carbocycles. The second kappa shape index (κ2) is 13.2. The first kappa shape index (κ1) is 32.2. The normalized spacial score (nSPS) is 11.6. The highest BCUT2D eigenvalue weighted by Crippen LogP contribution is 2.42. The third kappa shape index (κ3) is 5.54. The van der Waals surface area contributed by atoms with Crippen LogP contribution in [0.4, 0.5) is 0 Å². The zero-order chi connectivity index (χ0) is 37.0. The lowest BCUT2D eigenvalue weighted by Crippen LogP contribution is -1.90. The van der Waals surface area contributed by atoms with Gasteiger partial charge in [-0.05, 0) is 146 Å². The van der Waals surface area contributed by atoms with Crippen molar-refractivity contribution in [2.24, 2.45) is 0 Å². The van der Waals surface area contributed by atoms with Crippen LogP contribution >= 0.6 is 0 Å². The monoisotopic (exact) mass is 708 g/mol. The van der Waals surface area contributed by atoms with Gasteiger partial charge in [0.1, 0.15) is 0 Å². The number of benzene rings is 11. The maximum absolute atomic E-state index is 2.43. The van der Waals surface area contributed by atoms with Crippen LogP contribution in [0.15, 0.2) is 218 Å². The molecule has 0 bridgehead atoms. The molecule has 11 aromatic carbocycles. The van der Waals surface area contributed by atoms with Gasteiger partial charge in [0.2, 0.25) is 0 Å². The Morgan fingerprint density at radius 3 is 1.45 bits per heavy atom. The summed E-state index contributed by atoms with van der Waals surface area (Å²) in [5.74, 6) is 0. The highest BCUT2D eigenvalue weighted by atomic mass is 14.2. The van der Waals surface area contributed by atoms with Gasteiger partial charge in [0.05, 0.1) is 0 Å². The Labute approximate surface area is 326 Å². The minimum Gasteiger partial charge on any atom is -0.0622 e. The molecular weight excluding hydrogens is 673 g/mol. The summed E-state index contributed by atoms with van der Waals surface area (Å²) in [5.41, 5.74) is 12.3. The van der Waals surface area contributed by atoms with Crippen LogP contribution in [-0.4, -0.2) is 0 Å². The molecule has 0 heterocycles. The van der Waals surface area contributed by atoms with Gasteiger partial charge in [0.15, 0.2) is 0 Å². The van der Waals surface area contributed by atoms with Crippen molar-refractivity contribution in [1.29, 1.82) is 0 Å². The van der Waals surface area contributed by atoms with Crippen molar-refractivity contribution >= 4 is 53.9 Å². The van der Waals surface area contributed by atoms with Crippen LogP contribution in [0.2, 0.25) is 0 Å². The summed E-state index contributed by atoms with van der Waals surface area (Å²) in [6, 6.07) is 80.5. The topological polar surface area (TPSA) is 0 Å². The van der Waals surface area contributed by atoms with Gasteiger partial charge in [0.25, 0.3) is 0 Å². The molecule has 0 radical (unpaired) electrons. The van der Waals surface area contributed by atoms with Crippen molar-refractivity contribution < 1.29 is 0 Å². The molecule has 0 spiro atoms. The van der Waals surface area contributed by atoms with Gasteiger partial charge in [-0.15, -0.1) is 0 Å². The van der Waals surface area contributed by atoms with E-state index >= 15 is 0 Å². The Balaban J connectivity index is 1.09. The highest BCUT2D eigenvalue weighted by Gasteiger charge is 2.15. The van der Waals surface area contributed by atoms with E-state index in [1.807, 2.05) is 0 Å². The van der Waals surface area contributed by atoms with Gasteiger partial charge in [-0.25, -0.2) is 0 Å². The first-order valence-electron chi connectivity index (χ1n) is 19.4. The van der Waals surface area contributed by atoms with E-state index in [0.717, 1.165) is 0 Å². The average Bonchev–Trinajstić information content (AvgIpc) is 3.28. The number of rotatable bonds is 5. The fourth-order valence-electron chi connectivity index (χ4n) is 8.76. The zero-order valence-electron chi connectivity index (χ0n) is 30.8. The fraction of sp³-hybridized carbons (Fsp3) is 0. The molecule has 56 heavy (non-hydrogen) atoms. The molecule has 0 nitrogen and oxygen atoms in total. The summed E-state index contributed by atoms with van der Waals surface area (Å²) < 4.78 is 0. The lowest BCUT2D eigenvalue weighted by atomic mass is 9.87. The number of hydrogen-bond donors (Lipinski definition) is 0. The molecule has 0 aliphatic heterocycles. The van der Waals surface area contributed by atoms with Gasteiger partial charge in [-0.3, -0.25) is 0 Å². The van der Waals surface area contributed by atoms with E-state index in [4.69, 9.17) is 0 Å². The van der Waals surface area contributed by atoms with Gasteiger partial charge in [0, 0.05) is 0 Å². The molecular formula is C56H36. The van der Waals surface area contributed by atoms with Crippen LogP contribution < -0.4 is 0 Å². The number of fused-ring (bicyclic) bond motifs is 6. The Hall–Kier alpha value is -7.28. The fourth-order valence-corrected chi connectivity index (χ4v) is 8.76. The molecule has 11 aromatic rings. The molecule has 0 aliphatic rings. The van der Waals surface area contributed by atoms with E-state index in [9.17, 15) is 0 Å². The Bertz CT molecular complexity index is 3270. The molecule has 0 atom stereocenters. The third-order valence-electron chi connectivity index (χ3n) is 11.6. The summed E-state index contributed by atoms with van der Waals surface area (Å²) in [4.78, 5) is 0. The summed E-state index contributed by atoms with van der Waals surface area (Å²) in [6.07, 6.45) is 0. The van der Waals surface area contributed by atoms with Gasteiger partial charge >= 0.3 is 0 Å². The Kier molecular flexibility index (Phi) is 7.60. The molecule has 11 rings (SSSR count). The molecule has 260 valence electrons. The molecule has 0 saturated heterocycles. The second-order valence-electron chi connectivity index (χ2n) is 14.9. The quantitative estimate of drug-likeness (QED) is 0.156. The summed E-state index contributed by atoms with van der Waals surface area (Å²) in [5, 5.41) is 12.5. The van der Waals surface area contributed by atoms with Crippen molar-refractivity contribution in [1.82, 2.24) is 0 Å². The Morgan fingerprint density at radius 1 is 0.161 bits per heavy atom. The van der Waals surface area contributed by atoms with E-state index in [2.05, 4.69) is 218 Å². The first-order valence-corrected chi connectivity index (χ1v) is 19.4. The molecule has 0 saturated carbocycles. The predicted octanol–water partition coefficient (Wildman–Crippen LogP) is 15.8. The van der Waals surface area contributed by atoms with E-state index in [1.165, 1.54) is 109 Å². The van der Waals surface area contributed by atoms with Crippen LogP contribution in [0.1, 0.15) is 0 Å². The SMILES string of the molecule is c1ccc(-c2cc3ccccc3cc2-c2ccc3c(c2)c(-c2ccc4ccccc4c2)cc2cc(-c4ccc(-c5cccc6ccccc56)cc4)ccc23)cc1. The molecule has 0 fully saturated rings.